The minimum atomic E-state index is 0.205. The smallest absolute Gasteiger partial charge is 0.156 e. The van der Waals surface area contributed by atoms with Crippen LogP contribution in [0.4, 0.5) is 0 Å². The number of hydrogen-bond acceptors (Lipinski definition) is 4. The van der Waals surface area contributed by atoms with E-state index in [1.54, 1.807) is 12.4 Å². The maximum Gasteiger partial charge on any atom is 0.156 e. The molecule has 112 valence electrons. The monoisotopic (exact) mass is 294 g/mol. The van der Waals surface area contributed by atoms with Gasteiger partial charge in [-0.2, -0.15) is 0 Å². The number of imidazole rings is 1. The zero-order valence-corrected chi connectivity index (χ0v) is 12.7. The van der Waals surface area contributed by atoms with Gasteiger partial charge in [-0.05, 0) is 19.4 Å². The molecule has 1 atom stereocenters. The molecule has 3 aromatic rings. The van der Waals surface area contributed by atoms with Gasteiger partial charge in [0.1, 0.15) is 12.4 Å². The largest absolute Gasteiger partial charge is 0.484 e. The van der Waals surface area contributed by atoms with E-state index in [4.69, 9.17) is 4.74 Å². The van der Waals surface area contributed by atoms with Crippen LogP contribution < -0.4 is 4.74 Å². The number of ether oxygens (including phenoxy) is 1. The number of hydrogen-bond donors (Lipinski definition) is 0. The molecule has 0 amide bonds. The second-order valence-electron chi connectivity index (χ2n) is 5.13. The van der Waals surface area contributed by atoms with Crippen molar-refractivity contribution in [2.75, 3.05) is 0 Å². The number of benzene rings is 1. The van der Waals surface area contributed by atoms with Crippen molar-refractivity contribution in [2.45, 2.75) is 26.5 Å². The average molecular weight is 294 g/mol. The molecular formula is C17H18N4O. The Hall–Kier alpha value is -2.69. The predicted molar refractivity (Wildman–Crippen MR) is 83.6 cm³/mol. The number of rotatable bonds is 5. The summed E-state index contributed by atoms with van der Waals surface area (Å²) >= 11 is 0. The standard InChI is InChI=1S/C17H18N4O/c1-13(15-6-4-3-5-7-15)21-12-18-8-16(21)11-22-17-9-19-14(2)20-10-17/h3-10,12-13H,11H2,1-2H3/t13-/m0/s1. The first-order valence-corrected chi connectivity index (χ1v) is 7.21. The lowest BCUT2D eigenvalue weighted by Crippen LogP contribution is -2.11. The van der Waals surface area contributed by atoms with Crippen molar-refractivity contribution < 1.29 is 4.74 Å². The van der Waals surface area contributed by atoms with Crippen molar-refractivity contribution in [3.8, 4) is 5.75 Å². The zero-order valence-electron chi connectivity index (χ0n) is 12.7. The first kappa shape index (κ1) is 14.3. The molecule has 3 rings (SSSR count). The Morgan fingerprint density at radius 3 is 2.55 bits per heavy atom. The third-order valence-corrected chi connectivity index (χ3v) is 3.59. The summed E-state index contributed by atoms with van der Waals surface area (Å²) in [5.41, 5.74) is 2.25. The molecule has 0 aliphatic heterocycles. The molecule has 0 bridgehead atoms. The lowest BCUT2D eigenvalue weighted by molar-refractivity contribution is 0.290. The van der Waals surface area contributed by atoms with Crippen molar-refractivity contribution >= 4 is 0 Å². The molecule has 0 spiro atoms. The molecule has 0 N–H and O–H groups in total. The Morgan fingerprint density at radius 2 is 1.82 bits per heavy atom. The molecule has 0 unspecified atom stereocenters. The molecule has 0 radical (unpaired) electrons. The Kier molecular flexibility index (Phi) is 4.14. The summed E-state index contributed by atoms with van der Waals surface area (Å²) in [5, 5.41) is 0. The van der Waals surface area contributed by atoms with Gasteiger partial charge in [0, 0.05) is 0 Å². The summed E-state index contributed by atoms with van der Waals surface area (Å²) in [4.78, 5) is 12.5. The SMILES string of the molecule is Cc1ncc(OCc2cncn2[C@@H](C)c2ccccc2)cn1. The van der Waals surface area contributed by atoms with E-state index in [0.29, 0.717) is 12.4 Å². The van der Waals surface area contributed by atoms with Crippen molar-refractivity contribution in [1.82, 2.24) is 19.5 Å². The fourth-order valence-electron chi connectivity index (χ4n) is 2.30. The normalized spacial score (nSPS) is 12.1. The fourth-order valence-corrected chi connectivity index (χ4v) is 2.30. The van der Waals surface area contributed by atoms with Crippen LogP contribution in [0.1, 0.15) is 30.0 Å². The molecule has 5 heteroatoms. The molecule has 5 nitrogen and oxygen atoms in total. The summed E-state index contributed by atoms with van der Waals surface area (Å²) in [6, 6.07) is 10.5. The van der Waals surface area contributed by atoms with E-state index in [1.165, 1.54) is 5.56 Å². The van der Waals surface area contributed by atoms with Crippen LogP contribution in [-0.2, 0) is 6.61 Å². The van der Waals surface area contributed by atoms with Gasteiger partial charge >= 0.3 is 0 Å². The molecule has 0 aliphatic carbocycles. The van der Waals surface area contributed by atoms with Gasteiger partial charge in [-0.1, -0.05) is 30.3 Å². The van der Waals surface area contributed by atoms with Crippen LogP contribution in [-0.4, -0.2) is 19.5 Å². The highest BCUT2D eigenvalue weighted by molar-refractivity contribution is 5.20. The summed E-state index contributed by atoms with van der Waals surface area (Å²) in [6.45, 7) is 4.43. The summed E-state index contributed by atoms with van der Waals surface area (Å²) in [7, 11) is 0. The molecule has 2 heterocycles. The van der Waals surface area contributed by atoms with Crippen LogP contribution in [0.25, 0.3) is 0 Å². The van der Waals surface area contributed by atoms with E-state index in [-0.39, 0.29) is 6.04 Å². The highest BCUT2D eigenvalue weighted by Gasteiger charge is 2.12. The van der Waals surface area contributed by atoms with Crippen molar-refractivity contribution in [3.63, 3.8) is 0 Å². The Bertz CT molecular complexity index is 722. The minimum Gasteiger partial charge on any atom is -0.484 e. The van der Waals surface area contributed by atoms with E-state index in [9.17, 15) is 0 Å². The third kappa shape index (κ3) is 3.14. The van der Waals surface area contributed by atoms with E-state index < -0.39 is 0 Å². The van der Waals surface area contributed by atoms with Crippen molar-refractivity contribution in [1.29, 1.82) is 0 Å². The average Bonchev–Trinajstić information content (AvgIpc) is 3.03. The quantitative estimate of drug-likeness (QED) is 0.725. The number of nitrogens with zero attached hydrogens (tertiary/aromatic N) is 4. The van der Waals surface area contributed by atoms with Gasteiger partial charge < -0.3 is 9.30 Å². The topological polar surface area (TPSA) is 52.8 Å². The maximum absolute atomic E-state index is 5.75. The van der Waals surface area contributed by atoms with Gasteiger partial charge in [-0.3, -0.25) is 0 Å². The minimum absolute atomic E-state index is 0.205. The van der Waals surface area contributed by atoms with E-state index >= 15 is 0 Å². The molecule has 0 aliphatic rings. The Labute approximate surface area is 129 Å². The van der Waals surface area contributed by atoms with Gasteiger partial charge in [0.25, 0.3) is 0 Å². The highest BCUT2D eigenvalue weighted by Crippen LogP contribution is 2.20. The van der Waals surface area contributed by atoms with Gasteiger partial charge in [0.05, 0.1) is 36.7 Å². The van der Waals surface area contributed by atoms with Crippen molar-refractivity contribution in [2.24, 2.45) is 0 Å². The number of aromatic nitrogens is 4. The van der Waals surface area contributed by atoms with Crippen LogP contribution in [0, 0.1) is 6.92 Å². The third-order valence-electron chi connectivity index (χ3n) is 3.59. The first-order valence-electron chi connectivity index (χ1n) is 7.21. The fraction of sp³-hybridized carbons (Fsp3) is 0.235. The van der Waals surface area contributed by atoms with E-state index in [1.807, 2.05) is 37.6 Å². The summed E-state index contributed by atoms with van der Waals surface area (Å²) in [5.74, 6) is 1.39. The highest BCUT2D eigenvalue weighted by atomic mass is 16.5. The van der Waals surface area contributed by atoms with Gasteiger partial charge in [0.15, 0.2) is 5.75 Å². The van der Waals surface area contributed by atoms with E-state index in [2.05, 4.69) is 38.6 Å². The molecule has 1 aromatic carbocycles. The van der Waals surface area contributed by atoms with Crippen LogP contribution >= 0.6 is 0 Å². The Balaban J connectivity index is 1.73. The molecule has 2 aromatic heterocycles. The predicted octanol–water partition coefficient (Wildman–Crippen LogP) is 3.17. The van der Waals surface area contributed by atoms with E-state index in [0.717, 1.165) is 11.5 Å². The van der Waals surface area contributed by atoms with Gasteiger partial charge in [-0.25, -0.2) is 15.0 Å². The van der Waals surface area contributed by atoms with Crippen molar-refractivity contribution in [3.05, 3.63) is 72.3 Å². The summed E-state index contributed by atoms with van der Waals surface area (Å²) in [6.07, 6.45) is 7.03. The van der Waals surface area contributed by atoms with Crippen LogP contribution in [0.2, 0.25) is 0 Å². The zero-order chi connectivity index (χ0) is 15.4. The molecular weight excluding hydrogens is 276 g/mol. The van der Waals surface area contributed by atoms with Crippen LogP contribution in [0.5, 0.6) is 5.75 Å². The van der Waals surface area contributed by atoms with Gasteiger partial charge in [0.2, 0.25) is 0 Å². The van der Waals surface area contributed by atoms with Crippen LogP contribution in [0.3, 0.4) is 0 Å². The Morgan fingerprint density at radius 1 is 1.09 bits per heavy atom. The van der Waals surface area contributed by atoms with Crippen LogP contribution in [0.15, 0.2) is 55.2 Å². The van der Waals surface area contributed by atoms with Gasteiger partial charge in [-0.15, -0.1) is 0 Å². The lowest BCUT2D eigenvalue weighted by atomic mass is 10.1. The maximum atomic E-state index is 5.75. The second kappa shape index (κ2) is 6.39. The second-order valence-corrected chi connectivity index (χ2v) is 5.13. The first-order chi connectivity index (χ1) is 10.7. The molecule has 0 fully saturated rings. The molecule has 0 saturated carbocycles. The molecule has 22 heavy (non-hydrogen) atoms. The summed E-state index contributed by atoms with van der Waals surface area (Å²) < 4.78 is 7.86. The number of aryl methyl sites for hydroxylation is 1. The lowest BCUT2D eigenvalue weighted by Gasteiger charge is -2.17. The molecule has 0 saturated heterocycles.